The summed E-state index contributed by atoms with van der Waals surface area (Å²) in [6.45, 7) is 9.71. The van der Waals surface area contributed by atoms with E-state index in [1.807, 2.05) is 49.6 Å². The summed E-state index contributed by atoms with van der Waals surface area (Å²) in [5.74, 6) is 0.921. The number of nitrogens with zero attached hydrogens (tertiary/aromatic N) is 5. The molecule has 1 aliphatic rings. The van der Waals surface area contributed by atoms with Crippen molar-refractivity contribution in [3.8, 4) is 0 Å². The fourth-order valence-corrected chi connectivity index (χ4v) is 3.94. The maximum atomic E-state index is 13.0. The average Bonchev–Trinajstić information content (AvgIpc) is 3.34. The van der Waals surface area contributed by atoms with Gasteiger partial charge < -0.3 is 15.5 Å². The predicted molar refractivity (Wildman–Crippen MR) is 136 cm³/mol. The minimum Gasteiger partial charge on any atom is -0.351 e. The number of piperidine rings is 1. The maximum Gasteiger partial charge on any atom is 0.255 e. The molecule has 0 atom stereocenters. The van der Waals surface area contributed by atoms with Gasteiger partial charge in [0.05, 0.1) is 11.3 Å². The van der Waals surface area contributed by atoms with E-state index < -0.39 is 0 Å². The molecular formula is C26H31N7O. The molecule has 0 aromatic carbocycles. The highest BCUT2D eigenvalue weighted by atomic mass is 16.1. The van der Waals surface area contributed by atoms with Gasteiger partial charge in [-0.15, -0.1) is 5.10 Å². The summed E-state index contributed by atoms with van der Waals surface area (Å²) in [6.07, 6.45) is 16.5. The van der Waals surface area contributed by atoms with Crippen LogP contribution in [0.25, 0.3) is 11.1 Å². The fraction of sp³-hybridized carbons (Fsp3) is 0.308. The lowest BCUT2D eigenvalue weighted by Crippen LogP contribution is -2.37. The topological polar surface area (TPSA) is 87.4 Å². The van der Waals surface area contributed by atoms with Gasteiger partial charge in [-0.1, -0.05) is 37.3 Å². The maximum absolute atomic E-state index is 13.0. The van der Waals surface area contributed by atoms with Crippen molar-refractivity contribution >= 4 is 28.5 Å². The second-order valence-electron chi connectivity index (χ2n) is 8.24. The molecule has 0 unspecified atom stereocenters. The highest BCUT2D eigenvalue weighted by Gasteiger charge is 2.16. The standard InChI is InChI=1S/C26H31N7O/c1-3-4-6-10-20(2)24-30-25(23-11-9-17-33(23)31-24)29-22-12-13-27-19-21(22)26(34)28-14-18-32-15-7-5-8-16-32/h3-4,6,9-13,17,19H,2,5,7-8,14-16,18H2,1H3,(H,28,34)(H,27,29,30,31)/b4-3-,10-6-. The molecule has 1 saturated heterocycles. The van der Waals surface area contributed by atoms with Gasteiger partial charge in [0, 0.05) is 37.3 Å². The Morgan fingerprint density at radius 3 is 2.88 bits per heavy atom. The first-order valence-electron chi connectivity index (χ1n) is 11.7. The van der Waals surface area contributed by atoms with Crippen molar-refractivity contribution in [3.63, 3.8) is 0 Å². The Morgan fingerprint density at radius 2 is 2.06 bits per heavy atom. The number of aromatic nitrogens is 4. The van der Waals surface area contributed by atoms with Crippen molar-refractivity contribution in [1.82, 2.24) is 29.8 Å². The molecule has 1 aliphatic heterocycles. The van der Waals surface area contributed by atoms with Crippen LogP contribution in [0.15, 0.2) is 67.7 Å². The molecule has 0 spiro atoms. The van der Waals surface area contributed by atoms with E-state index in [0.717, 1.165) is 25.2 Å². The molecule has 176 valence electrons. The molecule has 0 aliphatic carbocycles. The van der Waals surface area contributed by atoms with Crippen molar-refractivity contribution in [2.24, 2.45) is 0 Å². The number of hydrogen-bond donors (Lipinski definition) is 2. The van der Waals surface area contributed by atoms with E-state index in [1.165, 1.54) is 19.3 Å². The Balaban J connectivity index is 1.52. The van der Waals surface area contributed by atoms with E-state index in [2.05, 4.69) is 32.2 Å². The quantitative estimate of drug-likeness (QED) is 0.468. The van der Waals surface area contributed by atoms with Crippen LogP contribution in [0.4, 0.5) is 11.5 Å². The fourth-order valence-electron chi connectivity index (χ4n) is 3.94. The number of likely N-dealkylation sites (tertiary alicyclic amines) is 1. The summed E-state index contributed by atoms with van der Waals surface area (Å²) in [4.78, 5) is 24.2. The molecule has 34 heavy (non-hydrogen) atoms. The van der Waals surface area contributed by atoms with Gasteiger partial charge in [0.1, 0.15) is 5.52 Å². The molecule has 3 aromatic heterocycles. The van der Waals surface area contributed by atoms with Gasteiger partial charge in [-0.05, 0) is 51.1 Å². The van der Waals surface area contributed by atoms with E-state index in [9.17, 15) is 4.79 Å². The second kappa shape index (κ2) is 11.4. The van der Waals surface area contributed by atoms with Crippen LogP contribution in [-0.2, 0) is 0 Å². The van der Waals surface area contributed by atoms with Crippen molar-refractivity contribution < 1.29 is 4.79 Å². The first-order valence-corrected chi connectivity index (χ1v) is 11.7. The summed E-state index contributed by atoms with van der Waals surface area (Å²) in [7, 11) is 0. The Morgan fingerprint density at radius 1 is 1.21 bits per heavy atom. The van der Waals surface area contributed by atoms with E-state index in [4.69, 9.17) is 4.98 Å². The molecular weight excluding hydrogens is 426 g/mol. The highest BCUT2D eigenvalue weighted by Crippen LogP contribution is 2.24. The van der Waals surface area contributed by atoms with E-state index in [-0.39, 0.29) is 5.91 Å². The van der Waals surface area contributed by atoms with Crippen LogP contribution >= 0.6 is 0 Å². The molecule has 8 nitrogen and oxygen atoms in total. The Bertz CT molecular complexity index is 1200. The lowest BCUT2D eigenvalue weighted by Gasteiger charge is -2.26. The number of carbonyl (C=O) groups is 1. The predicted octanol–water partition coefficient (Wildman–Crippen LogP) is 4.23. The zero-order valence-electron chi connectivity index (χ0n) is 19.6. The number of hydrogen-bond acceptors (Lipinski definition) is 6. The number of nitrogens with one attached hydrogen (secondary N) is 2. The largest absolute Gasteiger partial charge is 0.351 e. The molecule has 2 N–H and O–H groups in total. The first kappa shape index (κ1) is 23.4. The van der Waals surface area contributed by atoms with Crippen LogP contribution in [-0.4, -0.2) is 56.6 Å². The number of allylic oxidation sites excluding steroid dienone is 5. The number of rotatable bonds is 9. The molecule has 4 heterocycles. The summed E-state index contributed by atoms with van der Waals surface area (Å²) in [5.41, 5.74) is 2.58. The Kier molecular flexibility index (Phi) is 7.83. The SMILES string of the molecule is C=C(/C=C\C=C/C)c1nc(Nc2ccncc2C(=O)NCCN2CCCCC2)c2cccn2n1. The van der Waals surface area contributed by atoms with Gasteiger partial charge in [-0.2, -0.15) is 0 Å². The Hall–Kier alpha value is -3.78. The molecule has 4 rings (SSSR count). The van der Waals surface area contributed by atoms with Crippen LogP contribution in [0, 0.1) is 0 Å². The first-order chi connectivity index (χ1) is 16.7. The van der Waals surface area contributed by atoms with Crippen LogP contribution in [0.1, 0.15) is 42.4 Å². The monoisotopic (exact) mass is 457 g/mol. The number of fused-ring (bicyclic) bond motifs is 1. The minimum atomic E-state index is -0.160. The van der Waals surface area contributed by atoms with Gasteiger partial charge in [0.2, 0.25) is 0 Å². The normalized spacial score (nSPS) is 14.7. The molecule has 1 amide bonds. The lowest BCUT2D eigenvalue weighted by atomic mass is 10.1. The van der Waals surface area contributed by atoms with Gasteiger partial charge in [-0.3, -0.25) is 9.78 Å². The number of anilines is 2. The van der Waals surface area contributed by atoms with Gasteiger partial charge in [-0.25, -0.2) is 9.50 Å². The third kappa shape index (κ3) is 5.77. The molecule has 0 bridgehead atoms. The van der Waals surface area contributed by atoms with Crippen molar-refractivity contribution in [2.45, 2.75) is 26.2 Å². The Labute approximate surface area is 200 Å². The molecule has 3 aromatic rings. The van der Waals surface area contributed by atoms with Crippen LogP contribution in [0.5, 0.6) is 0 Å². The van der Waals surface area contributed by atoms with Crippen LogP contribution < -0.4 is 10.6 Å². The van der Waals surface area contributed by atoms with Crippen LogP contribution in [0.3, 0.4) is 0 Å². The minimum absolute atomic E-state index is 0.160. The van der Waals surface area contributed by atoms with Gasteiger partial charge >= 0.3 is 0 Å². The third-order valence-corrected chi connectivity index (χ3v) is 5.76. The second-order valence-corrected chi connectivity index (χ2v) is 8.24. The zero-order chi connectivity index (χ0) is 23.8. The smallest absolute Gasteiger partial charge is 0.255 e. The van der Waals surface area contributed by atoms with E-state index in [0.29, 0.717) is 35.0 Å². The average molecular weight is 458 g/mol. The van der Waals surface area contributed by atoms with Gasteiger partial charge in [0.15, 0.2) is 11.6 Å². The van der Waals surface area contributed by atoms with E-state index in [1.54, 1.807) is 23.0 Å². The number of pyridine rings is 1. The zero-order valence-corrected chi connectivity index (χ0v) is 19.6. The summed E-state index contributed by atoms with van der Waals surface area (Å²) >= 11 is 0. The van der Waals surface area contributed by atoms with Crippen molar-refractivity contribution in [3.05, 3.63) is 79.1 Å². The molecule has 1 fully saturated rings. The highest BCUT2D eigenvalue weighted by molar-refractivity contribution is 6.00. The molecule has 0 radical (unpaired) electrons. The molecule has 8 heteroatoms. The molecule has 0 saturated carbocycles. The lowest BCUT2D eigenvalue weighted by molar-refractivity contribution is 0.0947. The summed E-state index contributed by atoms with van der Waals surface area (Å²) in [5, 5.41) is 10.9. The summed E-state index contributed by atoms with van der Waals surface area (Å²) in [6, 6.07) is 5.60. The van der Waals surface area contributed by atoms with Gasteiger partial charge in [0.25, 0.3) is 5.91 Å². The number of carbonyl (C=O) groups excluding carboxylic acids is 1. The summed E-state index contributed by atoms with van der Waals surface area (Å²) < 4.78 is 1.75. The number of amides is 1. The van der Waals surface area contributed by atoms with Crippen LogP contribution in [0.2, 0.25) is 0 Å². The van der Waals surface area contributed by atoms with Crippen molar-refractivity contribution in [2.75, 3.05) is 31.5 Å². The van der Waals surface area contributed by atoms with E-state index >= 15 is 0 Å². The van der Waals surface area contributed by atoms with Crippen molar-refractivity contribution in [1.29, 1.82) is 0 Å². The third-order valence-electron chi connectivity index (χ3n) is 5.76.